The van der Waals surface area contributed by atoms with Gasteiger partial charge in [-0.2, -0.15) is 0 Å². The summed E-state index contributed by atoms with van der Waals surface area (Å²) in [6.07, 6.45) is 4.73. The second-order valence-corrected chi connectivity index (χ2v) is 5.52. The molecule has 1 aliphatic carbocycles. The molecular weight excluding hydrogens is 288 g/mol. The van der Waals surface area contributed by atoms with E-state index in [1.165, 1.54) is 5.56 Å². The molecule has 0 bridgehead atoms. The molecule has 3 N–H and O–H groups in total. The minimum atomic E-state index is 0. The van der Waals surface area contributed by atoms with Crippen LogP contribution in [0.4, 0.5) is 0 Å². The van der Waals surface area contributed by atoms with Crippen LogP contribution in [0.25, 0.3) is 0 Å². The first kappa shape index (κ1) is 17.8. The maximum Gasteiger partial charge on any atom is 0.223 e. The van der Waals surface area contributed by atoms with E-state index in [0.717, 1.165) is 37.9 Å². The van der Waals surface area contributed by atoms with Crippen LogP contribution in [0.15, 0.2) is 24.3 Å². The lowest BCUT2D eigenvalue weighted by Gasteiger charge is -2.25. The smallest absolute Gasteiger partial charge is 0.223 e. The van der Waals surface area contributed by atoms with Gasteiger partial charge in [0.05, 0.1) is 7.11 Å². The number of benzene rings is 1. The first-order valence-corrected chi connectivity index (χ1v) is 7.35. The Labute approximate surface area is 132 Å². The van der Waals surface area contributed by atoms with Crippen LogP contribution in [-0.4, -0.2) is 25.6 Å². The number of amides is 1. The van der Waals surface area contributed by atoms with Gasteiger partial charge in [-0.25, -0.2) is 0 Å². The molecule has 2 atom stereocenters. The summed E-state index contributed by atoms with van der Waals surface area (Å²) in [6.45, 7) is 0.664. The molecule has 0 aliphatic heterocycles. The fourth-order valence-corrected chi connectivity index (χ4v) is 2.77. The van der Waals surface area contributed by atoms with Gasteiger partial charge in [-0.1, -0.05) is 18.6 Å². The van der Waals surface area contributed by atoms with Crippen molar-refractivity contribution < 1.29 is 9.53 Å². The molecule has 1 aliphatic rings. The maximum atomic E-state index is 12.1. The number of carbonyl (C=O) groups is 1. The molecule has 1 fully saturated rings. The average Bonchev–Trinajstić information content (AvgIpc) is 2.47. The van der Waals surface area contributed by atoms with Crippen LogP contribution in [0.1, 0.15) is 31.2 Å². The highest BCUT2D eigenvalue weighted by molar-refractivity contribution is 5.85. The molecule has 0 spiro atoms. The molecule has 4 nitrogen and oxygen atoms in total. The van der Waals surface area contributed by atoms with Crippen LogP contribution >= 0.6 is 12.4 Å². The number of hydrogen-bond acceptors (Lipinski definition) is 3. The summed E-state index contributed by atoms with van der Waals surface area (Å²) < 4.78 is 5.19. The Morgan fingerprint density at radius 2 is 2.24 bits per heavy atom. The minimum absolute atomic E-state index is 0. The Balaban J connectivity index is 0.00000220. The molecule has 1 aromatic rings. The monoisotopic (exact) mass is 312 g/mol. The number of methoxy groups -OCH3 is 1. The second kappa shape index (κ2) is 8.90. The minimum Gasteiger partial charge on any atom is -0.497 e. The zero-order valence-electron chi connectivity index (χ0n) is 12.5. The maximum absolute atomic E-state index is 12.1. The van der Waals surface area contributed by atoms with E-state index in [1.807, 2.05) is 24.3 Å². The van der Waals surface area contributed by atoms with Gasteiger partial charge in [-0.15, -0.1) is 12.4 Å². The molecule has 118 valence electrons. The molecule has 0 saturated heterocycles. The Bertz CT molecular complexity index is 454. The number of ether oxygens (including phenoxy) is 1. The molecule has 5 heteroatoms. The number of carbonyl (C=O) groups excluding carboxylic acids is 1. The molecular formula is C16H25ClN2O2. The van der Waals surface area contributed by atoms with Gasteiger partial charge in [0.25, 0.3) is 0 Å². The molecule has 2 rings (SSSR count). The lowest BCUT2D eigenvalue weighted by molar-refractivity contribution is -0.126. The molecule has 0 heterocycles. The number of hydrogen-bond donors (Lipinski definition) is 2. The fraction of sp³-hybridized carbons (Fsp3) is 0.562. The molecule has 1 amide bonds. The van der Waals surface area contributed by atoms with E-state index in [0.29, 0.717) is 6.54 Å². The van der Waals surface area contributed by atoms with Crippen LogP contribution in [-0.2, 0) is 11.2 Å². The Morgan fingerprint density at radius 3 is 2.95 bits per heavy atom. The summed E-state index contributed by atoms with van der Waals surface area (Å²) in [4.78, 5) is 12.1. The lowest BCUT2D eigenvalue weighted by atomic mass is 9.85. The highest BCUT2D eigenvalue weighted by atomic mass is 35.5. The van der Waals surface area contributed by atoms with Crippen molar-refractivity contribution >= 4 is 18.3 Å². The molecule has 0 aromatic heterocycles. The van der Waals surface area contributed by atoms with Gasteiger partial charge < -0.3 is 15.8 Å². The quantitative estimate of drug-likeness (QED) is 0.877. The van der Waals surface area contributed by atoms with Crippen molar-refractivity contribution in [2.75, 3.05) is 13.7 Å². The molecule has 21 heavy (non-hydrogen) atoms. The molecule has 1 saturated carbocycles. The zero-order valence-corrected chi connectivity index (χ0v) is 13.3. The molecule has 1 aromatic carbocycles. The van der Waals surface area contributed by atoms with Gasteiger partial charge in [-0.3, -0.25) is 4.79 Å². The first-order valence-electron chi connectivity index (χ1n) is 7.35. The predicted octanol–water partition coefficient (Wildman–Crippen LogP) is 2.29. The van der Waals surface area contributed by atoms with Crippen LogP contribution in [0, 0.1) is 5.92 Å². The van der Waals surface area contributed by atoms with Crippen molar-refractivity contribution in [3.8, 4) is 5.75 Å². The van der Waals surface area contributed by atoms with E-state index >= 15 is 0 Å². The highest BCUT2D eigenvalue weighted by Gasteiger charge is 2.24. The van der Waals surface area contributed by atoms with Crippen molar-refractivity contribution in [2.45, 2.75) is 38.1 Å². The largest absolute Gasteiger partial charge is 0.497 e. The second-order valence-electron chi connectivity index (χ2n) is 5.52. The normalized spacial score (nSPS) is 21.2. The summed E-state index contributed by atoms with van der Waals surface area (Å²) in [5.74, 6) is 1.11. The standard InChI is InChI=1S/C16H24N2O2.ClH/c1-20-15-7-2-4-12(10-15)8-9-18-16(19)13-5-3-6-14(17)11-13;/h2,4,7,10,13-14H,3,5-6,8-9,11,17H2,1H3,(H,18,19);1H. The third-order valence-corrected chi connectivity index (χ3v) is 3.93. The third-order valence-electron chi connectivity index (χ3n) is 3.93. The zero-order chi connectivity index (χ0) is 14.4. The van der Waals surface area contributed by atoms with Crippen molar-refractivity contribution in [2.24, 2.45) is 11.7 Å². The third kappa shape index (κ3) is 5.56. The van der Waals surface area contributed by atoms with Crippen molar-refractivity contribution in [1.82, 2.24) is 5.32 Å². The van der Waals surface area contributed by atoms with E-state index in [4.69, 9.17) is 10.5 Å². The van der Waals surface area contributed by atoms with Crippen LogP contribution < -0.4 is 15.8 Å². The first-order chi connectivity index (χ1) is 9.69. The van der Waals surface area contributed by atoms with Gasteiger partial charge in [0.15, 0.2) is 0 Å². The SMILES string of the molecule is COc1cccc(CCNC(=O)C2CCCC(N)C2)c1.Cl. The van der Waals surface area contributed by atoms with Crippen molar-refractivity contribution in [1.29, 1.82) is 0 Å². The van der Waals surface area contributed by atoms with Crippen molar-refractivity contribution in [3.63, 3.8) is 0 Å². The fourth-order valence-electron chi connectivity index (χ4n) is 2.77. The molecule has 0 radical (unpaired) electrons. The van der Waals surface area contributed by atoms with E-state index in [2.05, 4.69) is 5.32 Å². The van der Waals surface area contributed by atoms with Crippen molar-refractivity contribution in [3.05, 3.63) is 29.8 Å². The number of rotatable bonds is 5. The summed E-state index contributed by atoms with van der Waals surface area (Å²) in [6, 6.07) is 8.13. The predicted molar refractivity (Wildman–Crippen MR) is 86.9 cm³/mol. The summed E-state index contributed by atoms with van der Waals surface area (Å²) in [5, 5.41) is 3.02. The Hall–Kier alpha value is -1.26. The highest BCUT2D eigenvalue weighted by Crippen LogP contribution is 2.23. The average molecular weight is 313 g/mol. The summed E-state index contributed by atoms with van der Waals surface area (Å²) in [5.41, 5.74) is 7.09. The Morgan fingerprint density at radius 1 is 1.43 bits per heavy atom. The number of halogens is 1. The van der Waals surface area contributed by atoms with E-state index < -0.39 is 0 Å². The van der Waals surface area contributed by atoms with Gasteiger partial charge >= 0.3 is 0 Å². The van der Waals surface area contributed by atoms with E-state index in [-0.39, 0.29) is 30.3 Å². The van der Waals surface area contributed by atoms with Crippen LogP contribution in [0.2, 0.25) is 0 Å². The van der Waals surface area contributed by atoms with Gasteiger partial charge in [0.1, 0.15) is 5.75 Å². The van der Waals surface area contributed by atoms with Crippen LogP contribution in [0.5, 0.6) is 5.75 Å². The van der Waals surface area contributed by atoms with Gasteiger partial charge in [0, 0.05) is 18.5 Å². The molecule has 2 unspecified atom stereocenters. The lowest BCUT2D eigenvalue weighted by Crippen LogP contribution is -2.38. The topological polar surface area (TPSA) is 64.3 Å². The Kier molecular flexibility index (Phi) is 7.54. The van der Waals surface area contributed by atoms with E-state index in [9.17, 15) is 4.79 Å². The van der Waals surface area contributed by atoms with E-state index in [1.54, 1.807) is 7.11 Å². The number of nitrogens with one attached hydrogen (secondary N) is 1. The van der Waals surface area contributed by atoms with Crippen LogP contribution in [0.3, 0.4) is 0 Å². The number of nitrogens with two attached hydrogens (primary N) is 1. The summed E-state index contributed by atoms with van der Waals surface area (Å²) in [7, 11) is 1.66. The summed E-state index contributed by atoms with van der Waals surface area (Å²) >= 11 is 0. The van der Waals surface area contributed by atoms with Gasteiger partial charge in [0.2, 0.25) is 5.91 Å². The van der Waals surface area contributed by atoms with Gasteiger partial charge in [-0.05, 0) is 43.4 Å².